The quantitative estimate of drug-likeness (QED) is 0.496. The monoisotopic (exact) mass is 171 g/mol. The second-order valence-electron chi connectivity index (χ2n) is 3.55. The fourth-order valence-corrected chi connectivity index (χ4v) is 2.08. The Morgan fingerprint density at radius 3 is 3.23 bits per heavy atom. The summed E-state index contributed by atoms with van der Waals surface area (Å²) < 4.78 is 2.29. The van der Waals surface area contributed by atoms with Crippen LogP contribution in [0, 0.1) is 6.92 Å². The molecule has 2 nitrogen and oxygen atoms in total. The molecule has 2 aromatic heterocycles. The van der Waals surface area contributed by atoms with Crippen LogP contribution in [-0.4, -0.2) is 4.98 Å². The van der Waals surface area contributed by atoms with Crippen LogP contribution in [0.3, 0.4) is 0 Å². The van der Waals surface area contributed by atoms with E-state index in [0.717, 1.165) is 6.54 Å². The van der Waals surface area contributed by atoms with E-state index in [0.29, 0.717) is 0 Å². The van der Waals surface area contributed by atoms with Crippen molar-refractivity contribution in [3.8, 4) is 11.4 Å². The van der Waals surface area contributed by atoms with E-state index in [9.17, 15) is 0 Å². The number of aromatic amines is 1. The molecule has 3 heterocycles. The minimum absolute atomic E-state index is 1.01. The number of hydrogen-bond donors (Lipinski definition) is 1. The molecular weight excluding hydrogens is 160 g/mol. The van der Waals surface area contributed by atoms with E-state index in [1.54, 1.807) is 0 Å². The van der Waals surface area contributed by atoms with Gasteiger partial charge in [0.2, 0.25) is 5.69 Å². The first-order valence-electron chi connectivity index (χ1n) is 4.52. The van der Waals surface area contributed by atoms with Crippen LogP contribution in [0.5, 0.6) is 0 Å². The summed E-state index contributed by atoms with van der Waals surface area (Å²) in [6.07, 6.45) is 4.15. The van der Waals surface area contributed by atoms with E-state index in [1.165, 1.54) is 22.5 Å². The molecule has 0 saturated carbocycles. The number of nitrogens with one attached hydrogen (secondary N) is 1. The van der Waals surface area contributed by atoms with Gasteiger partial charge in [-0.1, -0.05) is 0 Å². The maximum absolute atomic E-state index is 3.29. The molecule has 0 amide bonds. The summed E-state index contributed by atoms with van der Waals surface area (Å²) >= 11 is 0. The molecule has 0 radical (unpaired) electrons. The zero-order valence-corrected chi connectivity index (χ0v) is 7.54. The SMILES string of the molecule is Cc1ccc[n+]2c1-c1[nH]ccc1C2. The van der Waals surface area contributed by atoms with Gasteiger partial charge in [0, 0.05) is 23.4 Å². The van der Waals surface area contributed by atoms with E-state index in [-0.39, 0.29) is 0 Å². The van der Waals surface area contributed by atoms with E-state index in [2.05, 4.69) is 40.9 Å². The first-order chi connectivity index (χ1) is 6.36. The molecule has 1 aliphatic rings. The normalized spacial score (nSPS) is 12.7. The molecule has 0 fully saturated rings. The average molecular weight is 171 g/mol. The maximum atomic E-state index is 3.29. The lowest BCUT2D eigenvalue weighted by Gasteiger charge is -1.95. The van der Waals surface area contributed by atoms with Gasteiger partial charge in [-0.25, -0.2) is 0 Å². The number of pyridine rings is 1. The standard InChI is InChI=1S/C11H10N2/c1-8-3-2-6-13-7-9-4-5-12-10(9)11(8)13/h2-6H,7H2,1H3/p+1. The van der Waals surface area contributed by atoms with Gasteiger partial charge in [-0.15, -0.1) is 0 Å². The van der Waals surface area contributed by atoms with Gasteiger partial charge in [0.25, 0.3) is 0 Å². The topological polar surface area (TPSA) is 19.7 Å². The van der Waals surface area contributed by atoms with Crippen molar-refractivity contribution in [2.75, 3.05) is 0 Å². The first-order valence-corrected chi connectivity index (χ1v) is 4.52. The zero-order valence-electron chi connectivity index (χ0n) is 7.54. The predicted molar refractivity (Wildman–Crippen MR) is 50.3 cm³/mol. The number of rotatable bonds is 0. The molecule has 2 heteroatoms. The number of aromatic nitrogens is 2. The van der Waals surface area contributed by atoms with Crippen molar-refractivity contribution < 1.29 is 4.57 Å². The van der Waals surface area contributed by atoms with Gasteiger partial charge >= 0.3 is 0 Å². The van der Waals surface area contributed by atoms with Crippen LogP contribution in [0.4, 0.5) is 0 Å². The van der Waals surface area contributed by atoms with E-state index in [4.69, 9.17) is 0 Å². The Bertz CT molecular complexity index is 469. The minimum atomic E-state index is 1.01. The highest BCUT2D eigenvalue weighted by molar-refractivity contribution is 5.61. The lowest BCUT2D eigenvalue weighted by Crippen LogP contribution is -2.32. The fraction of sp³-hybridized carbons (Fsp3) is 0.182. The molecule has 64 valence electrons. The van der Waals surface area contributed by atoms with Crippen molar-refractivity contribution in [1.29, 1.82) is 0 Å². The second-order valence-corrected chi connectivity index (χ2v) is 3.55. The van der Waals surface area contributed by atoms with E-state index in [1.807, 2.05) is 6.20 Å². The molecule has 1 N–H and O–H groups in total. The van der Waals surface area contributed by atoms with Gasteiger partial charge < -0.3 is 4.98 Å². The summed E-state index contributed by atoms with van der Waals surface area (Å²) in [5.74, 6) is 0. The van der Waals surface area contributed by atoms with E-state index < -0.39 is 0 Å². The molecule has 0 aliphatic carbocycles. The summed E-state index contributed by atoms with van der Waals surface area (Å²) in [6, 6.07) is 6.41. The molecule has 0 bridgehead atoms. The first kappa shape index (κ1) is 6.89. The highest BCUT2D eigenvalue weighted by Gasteiger charge is 2.27. The fourth-order valence-electron chi connectivity index (χ4n) is 2.08. The smallest absolute Gasteiger partial charge is 0.232 e. The summed E-state index contributed by atoms with van der Waals surface area (Å²) in [5, 5.41) is 0. The molecule has 0 aromatic carbocycles. The highest BCUT2D eigenvalue weighted by Crippen LogP contribution is 2.26. The van der Waals surface area contributed by atoms with Gasteiger partial charge in [-0.05, 0) is 19.1 Å². The average Bonchev–Trinajstić information content (AvgIpc) is 2.62. The van der Waals surface area contributed by atoms with Gasteiger partial charge in [0.15, 0.2) is 12.7 Å². The number of fused-ring (bicyclic) bond motifs is 3. The Hall–Kier alpha value is -1.57. The molecule has 3 rings (SSSR count). The van der Waals surface area contributed by atoms with E-state index >= 15 is 0 Å². The van der Waals surface area contributed by atoms with Crippen molar-refractivity contribution in [3.63, 3.8) is 0 Å². The largest absolute Gasteiger partial charge is 0.356 e. The number of H-pyrrole nitrogens is 1. The van der Waals surface area contributed by atoms with Crippen LogP contribution in [-0.2, 0) is 6.54 Å². The van der Waals surface area contributed by atoms with Crippen molar-refractivity contribution >= 4 is 0 Å². The lowest BCUT2D eigenvalue weighted by atomic mass is 10.1. The Morgan fingerprint density at radius 1 is 1.38 bits per heavy atom. The Labute approximate surface area is 76.9 Å². The molecule has 0 atom stereocenters. The molecule has 0 spiro atoms. The highest BCUT2D eigenvalue weighted by atomic mass is 15.0. The van der Waals surface area contributed by atoms with Crippen LogP contribution in [0.1, 0.15) is 11.1 Å². The summed E-state index contributed by atoms with van der Waals surface area (Å²) in [7, 11) is 0. The Balaban J connectivity index is 2.37. The number of aryl methyl sites for hydroxylation is 1. The van der Waals surface area contributed by atoms with Gasteiger partial charge in [-0.2, -0.15) is 4.57 Å². The van der Waals surface area contributed by atoms with Crippen molar-refractivity contribution in [2.24, 2.45) is 0 Å². The maximum Gasteiger partial charge on any atom is 0.232 e. The molecular formula is C11H11N2+. The van der Waals surface area contributed by atoms with Crippen LogP contribution in [0.2, 0.25) is 0 Å². The zero-order chi connectivity index (χ0) is 8.84. The molecule has 1 aliphatic heterocycles. The predicted octanol–water partition coefficient (Wildman–Crippen LogP) is 1.64. The van der Waals surface area contributed by atoms with Gasteiger partial charge in [-0.3, -0.25) is 0 Å². The van der Waals surface area contributed by atoms with Crippen LogP contribution < -0.4 is 4.57 Å². The Kier molecular flexibility index (Phi) is 1.18. The summed E-state index contributed by atoms with van der Waals surface area (Å²) in [6.45, 7) is 3.16. The molecule has 2 aromatic rings. The summed E-state index contributed by atoms with van der Waals surface area (Å²) in [5.41, 5.74) is 5.36. The Morgan fingerprint density at radius 2 is 2.31 bits per heavy atom. The van der Waals surface area contributed by atoms with Crippen LogP contribution >= 0.6 is 0 Å². The number of nitrogens with zero attached hydrogens (tertiary/aromatic N) is 1. The van der Waals surface area contributed by atoms with Crippen molar-refractivity contribution in [2.45, 2.75) is 13.5 Å². The third kappa shape index (κ3) is 0.800. The van der Waals surface area contributed by atoms with Crippen molar-refractivity contribution in [3.05, 3.63) is 41.7 Å². The third-order valence-corrected chi connectivity index (χ3v) is 2.68. The van der Waals surface area contributed by atoms with Crippen LogP contribution in [0.25, 0.3) is 11.4 Å². The second kappa shape index (κ2) is 2.22. The van der Waals surface area contributed by atoms with Crippen molar-refractivity contribution in [1.82, 2.24) is 4.98 Å². The third-order valence-electron chi connectivity index (χ3n) is 2.68. The molecule has 0 unspecified atom stereocenters. The van der Waals surface area contributed by atoms with Gasteiger partial charge in [0.1, 0.15) is 5.69 Å². The summed E-state index contributed by atoms with van der Waals surface area (Å²) in [4.78, 5) is 3.29. The lowest BCUT2D eigenvalue weighted by molar-refractivity contribution is -0.672. The molecule has 0 saturated heterocycles. The minimum Gasteiger partial charge on any atom is -0.356 e. The van der Waals surface area contributed by atoms with Crippen LogP contribution in [0.15, 0.2) is 30.6 Å². The number of hydrogen-bond acceptors (Lipinski definition) is 0. The van der Waals surface area contributed by atoms with Gasteiger partial charge in [0.05, 0.1) is 0 Å². The molecule has 13 heavy (non-hydrogen) atoms.